The van der Waals surface area contributed by atoms with Crippen LogP contribution < -0.4 is 5.32 Å². The predicted molar refractivity (Wildman–Crippen MR) is 112 cm³/mol. The molecule has 3 rings (SSSR count). The minimum absolute atomic E-state index is 0.0346. The van der Waals surface area contributed by atoms with E-state index in [-0.39, 0.29) is 11.8 Å². The molecule has 2 aliphatic rings. The lowest BCUT2D eigenvalue weighted by Gasteiger charge is -2.36. The standard InChI is InChI=1S/C20H30N4O3S/c1-28-18-5-3-2-4-17(18)21-19(25)6-7-22-8-10-24(11-9-22)20(26)16-23-12-14-27-15-13-23/h2-5H,6-16H2,1H3,(H,21,25). The summed E-state index contributed by atoms with van der Waals surface area (Å²) in [6.07, 6.45) is 2.47. The molecule has 154 valence electrons. The fourth-order valence-corrected chi connectivity index (χ4v) is 4.05. The average molecular weight is 407 g/mol. The van der Waals surface area contributed by atoms with Gasteiger partial charge in [-0.3, -0.25) is 19.4 Å². The smallest absolute Gasteiger partial charge is 0.236 e. The van der Waals surface area contributed by atoms with E-state index in [1.165, 1.54) is 0 Å². The minimum atomic E-state index is 0.0346. The van der Waals surface area contributed by atoms with Crippen molar-refractivity contribution < 1.29 is 14.3 Å². The molecule has 0 aromatic heterocycles. The second-order valence-corrected chi connectivity index (χ2v) is 7.96. The molecule has 0 aliphatic carbocycles. The first-order chi connectivity index (χ1) is 13.7. The van der Waals surface area contributed by atoms with E-state index < -0.39 is 0 Å². The van der Waals surface area contributed by atoms with Crippen molar-refractivity contribution in [3.63, 3.8) is 0 Å². The first-order valence-corrected chi connectivity index (χ1v) is 11.1. The van der Waals surface area contributed by atoms with Gasteiger partial charge in [-0.1, -0.05) is 12.1 Å². The molecule has 0 radical (unpaired) electrons. The molecule has 2 saturated heterocycles. The number of ether oxygens (including phenoxy) is 1. The highest BCUT2D eigenvalue weighted by atomic mass is 32.2. The van der Waals surface area contributed by atoms with E-state index in [4.69, 9.17) is 4.74 Å². The Balaban J connectivity index is 1.36. The molecular weight excluding hydrogens is 376 g/mol. The Hall–Kier alpha value is -1.61. The molecule has 0 bridgehead atoms. The third-order valence-corrected chi connectivity index (χ3v) is 6.02. The normalized spacial score (nSPS) is 18.8. The summed E-state index contributed by atoms with van der Waals surface area (Å²) in [5.74, 6) is 0.236. The number of carbonyl (C=O) groups excluding carboxylic acids is 2. The van der Waals surface area contributed by atoms with Gasteiger partial charge < -0.3 is 15.0 Å². The SMILES string of the molecule is CSc1ccccc1NC(=O)CCN1CCN(C(=O)CN2CCOCC2)CC1. The molecule has 28 heavy (non-hydrogen) atoms. The van der Waals surface area contributed by atoms with E-state index in [1.807, 2.05) is 35.4 Å². The largest absolute Gasteiger partial charge is 0.379 e. The number of rotatable bonds is 7. The van der Waals surface area contributed by atoms with Crippen molar-refractivity contribution in [3.8, 4) is 0 Å². The Morgan fingerprint density at radius 2 is 1.75 bits per heavy atom. The molecule has 1 N–H and O–H groups in total. The van der Waals surface area contributed by atoms with E-state index in [2.05, 4.69) is 15.1 Å². The maximum atomic E-state index is 12.5. The molecule has 0 unspecified atom stereocenters. The van der Waals surface area contributed by atoms with Crippen LogP contribution in [0.2, 0.25) is 0 Å². The van der Waals surface area contributed by atoms with E-state index in [0.717, 1.165) is 56.4 Å². The Bertz CT molecular complexity index is 659. The van der Waals surface area contributed by atoms with Crippen molar-refractivity contribution in [1.82, 2.24) is 14.7 Å². The van der Waals surface area contributed by atoms with E-state index in [1.54, 1.807) is 11.8 Å². The zero-order valence-corrected chi connectivity index (χ0v) is 17.4. The van der Waals surface area contributed by atoms with Crippen LogP contribution in [-0.4, -0.2) is 98.3 Å². The van der Waals surface area contributed by atoms with Crippen LogP contribution in [0.5, 0.6) is 0 Å². The molecule has 2 aliphatic heterocycles. The van der Waals surface area contributed by atoms with Gasteiger partial charge in [0.2, 0.25) is 11.8 Å². The van der Waals surface area contributed by atoms with Crippen molar-refractivity contribution in [1.29, 1.82) is 0 Å². The van der Waals surface area contributed by atoms with Crippen molar-refractivity contribution in [3.05, 3.63) is 24.3 Å². The van der Waals surface area contributed by atoms with Gasteiger partial charge in [0.25, 0.3) is 0 Å². The number of nitrogens with zero attached hydrogens (tertiary/aromatic N) is 3. The summed E-state index contributed by atoms with van der Waals surface area (Å²) in [7, 11) is 0. The fourth-order valence-electron chi connectivity index (χ4n) is 3.49. The van der Waals surface area contributed by atoms with Crippen molar-refractivity contribution in [2.75, 3.05) is 77.1 Å². The monoisotopic (exact) mass is 406 g/mol. The van der Waals surface area contributed by atoms with Gasteiger partial charge in [-0.25, -0.2) is 0 Å². The minimum Gasteiger partial charge on any atom is -0.379 e. The predicted octanol–water partition coefficient (Wildman–Crippen LogP) is 1.21. The quantitative estimate of drug-likeness (QED) is 0.687. The molecule has 0 spiro atoms. The van der Waals surface area contributed by atoms with Crippen LogP contribution >= 0.6 is 11.8 Å². The summed E-state index contributed by atoms with van der Waals surface area (Å²) in [6, 6.07) is 7.85. The van der Waals surface area contributed by atoms with Crippen LogP contribution in [0.15, 0.2) is 29.2 Å². The number of nitrogens with one attached hydrogen (secondary N) is 1. The Kier molecular flexibility index (Phi) is 8.14. The van der Waals surface area contributed by atoms with Gasteiger partial charge in [0.1, 0.15) is 0 Å². The second kappa shape index (κ2) is 10.8. The van der Waals surface area contributed by atoms with Crippen molar-refractivity contribution in [2.45, 2.75) is 11.3 Å². The van der Waals surface area contributed by atoms with Crippen molar-refractivity contribution in [2.24, 2.45) is 0 Å². The lowest BCUT2D eigenvalue weighted by molar-refractivity contribution is -0.135. The van der Waals surface area contributed by atoms with Gasteiger partial charge >= 0.3 is 0 Å². The molecule has 7 nitrogen and oxygen atoms in total. The number of amides is 2. The van der Waals surface area contributed by atoms with Crippen LogP contribution in [0.1, 0.15) is 6.42 Å². The van der Waals surface area contributed by atoms with Gasteiger partial charge in [-0.15, -0.1) is 11.8 Å². The third kappa shape index (κ3) is 6.20. The number of piperazine rings is 1. The van der Waals surface area contributed by atoms with Gasteiger partial charge in [-0.2, -0.15) is 0 Å². The lowest BCUT2D eigenvalue weighted by atomic mass is 10.2. The Morgan fingerprint density at radius 3 is 2.46 bits per heavy atom. The molecule has 0 saturated carbocycles. The zero-order valence-electron chi connectivity index (χ0n) is 16.6. The topological polar surface area (TPSA) is 65.1 Å². The van der Waals surface area contributed by atoms with Crippen molar-refractivity contribution >= 4 is 29.3 Å². The molecule has 1 aromatic carbocycles. The number of hydrogen-bond donors (Lipinski definition) is 1. The summed E-state index contributed by atoms with van der Waals surface area (Å²) in [4.78, 5) is 32.2. The number of benzene rings is 1. The summed E-state index contributed by atoms with van der Waals surface area (Å²) < 4.78 is 5.33. The number of carbonyl (C=O) groups is 2. The van der Waals surface area contributed by atoms with Gasteiger partial charge in [-0.05, 0) is 18.4 Å². The van der Waals surface area contributed by atoms with Crippen LogP contribution in [0.3, 0.4) is 0 Å². The zero-order chi connectivity index (χ0) is 19.8. The first-order valence-electron chi connectivity index (χ1n) is 9.89. The highest BCUT2D eigenvalue weighted by molar-refractivity contribution is 7.98. The van der Waals surface area contributed by atoms with Crippen LogP contribution in [0.4, 0.5) is 5.69 Å². The highest BCUT2D eigenvalue weighted by Crippen LogP contribution is 2.24. The third-order valence-electron chi connectivity index (χ3n) is 5.22. The number of morpholine rings is 1. The average Bonchev–Trinajstić information content (AvgIpc) is 2.74. The van der Waals surface area contributed by atoms with Gasteiger partial charge in [0.15, 0.2) is 0 Å². The summed E-state index contributed by atoms with van der Waals surface area (Å²) in [5, 5.41) is 3.01. The summed E-state index contributed by atoms with van der Waals surface area (Å²) in [5.41, 5.74) is 0.874. The lowest BCUT2D eigenvalue weighted by Crippen LogP contribution is -2.52. The fraction of sp³-hybridized carbons (Fsp3) is 0.600. The summed E-state index contributed by atoms with van der Waals surface area (Å²) >= 11 is 1.63. The molecule has 1 aromatic rings. The molecule has 2 heterocycles. The van der Waals surface area contributed by atoms with E-state index in [0.29, 0.717) is 26.2 Å². The van der Waals surface area contributed by atoms with Crippen LogP contribution in [0.25, 0.3) is 0 Å². The number of para-hydroxylation sites is 1. The molecule has 2 amide bonds. The van der Waals surface area contributed by atoms with Gasteiger partial charge in [0, 0.05) is 57.1 Å². The van der Waals surface area contributed by atoms with E-state index in [9.17, 15) is 9.59 Å². The molecule has 0 atom stereocenters. The van der Waals surface area contributed by atoms with E-state index >= 15 is 0 Å². The first kappa shape index (κ1) is 21.1. The number of hydrogen-bond acceptors (Lipinski definition) is 6. The van der Waals surface area contributed by atoms with Crippen LogP contribution in [-0.2, 0) is 14.3 Å². The maximum Gasteiger partial charge on any atom is 0.236 e. The van der Waals surface area contributed by atoms with Crippen LogP contribution in [0, 0.1) is 0 Å². The molecule has 8 heteroatoms. The Morgan fingerprint density at radius 1 is 1.04 bits per heavy atom. The maximum absolute atomic E-state index is 12.5. The molecule has 2 fully saturated rings. The summed E-state index contributed by atoms with van der Waals surface area (Å²) in [6.45, 7) is 7.42. The highest BCUT2D eigenvalue weighted by Gasteiger charge is 2.23. The number of anilines is 1. The van der Waals surface area contributed by atoms with Gasteiger partial charge in [0.05, 0.1) is 25.4 Å². The number of thioether (sulfide) groups is 1. The second-order valence-electron chi connectivity index (χ2n) is 7.11. The molecular formula is C20H30N4O3S. The Labute approximate surface area is 171 Å².